The van der Waals surface area contributed by atoms with E-state index in [2.05, 4.69) is 10.6 Å². The van der Waals surface area contributed by atoms with Crippen LogP contribution >= 0.6 is 0 Å². The summed E-state index contributed by atoms with van der Waals surface area (Å²) in [6.07, 6.45) is -2.04. The van der Waals surface area contributed by atoms with Gasteiger partial charge >= 0.3 is 43.7 Å². The molecule has 0 aliphatic rings. The number of rotatable bonds is 16. The quantitative estimate of drug-likeness (QED) is 0.0363. The average Bonchev–Trinajstić information content (AvgIpc) is 2.91. The molecule has 0 radical (unpaired) electrons. The smallest absolute Gasteiger partial charge is 0.550 e. The van der Waals surface area contributed by atoms with Crippen LogP contribution in [0.25, 0.3) is 0 Å². The molecule has 8 N–H and O–H groups in total. The van der Waals surface area contributed by atoms with E-state index < -0.39 is 52.8 Å². The van der Waals surface area contributed by atoms with E-state index in [4.69, 9.17) is 20.4 Å². The van der Waals surface area contributed by atoms with E-state index >= 15 is 0 Å². The molecule has 240 valence electrons. The third-order valence-corrected chi connectivity index (χ3v) is 5.59. The molecule has 0 aromatic rings. The summed E-state index contributed by atoms with van der Waals surface area (Å²) in [4.78, 5) is 53.0. The topological polar surface area (TPSA) is 277 Å². The molecule has 0 spiro atoms. The molecule has 0 bridgehead atoms. The standard InChI is InChI=1S/2C10H19NO5.C6H10O3.Ca/c2*1-10(2,6-12)8(15)9(16)11-5-3-4-7(13)14;1-3-5(7)4(2)6(8)9;/h2*8,12,15H,3-6H2,1-2H3,(H,11,16)(H,13,14);7H,3H2,1-2H3,(H,8,9);/q;;;+2/p-2/b;;5-4+;/t2*8-;;/m00../s1. The molecule has 42 heavy (non-hydrogen) atoms. The summed E-state index contributed by atoms with van der Waals surface area (Å²) in [6.45, 7) is 8.97. The van der Waals surface area contributed by atoms with Crippen molar-refractivity contribution < 1.29 is 64.8 Å². The van der Waals surface area contributed by atoms with Crippen LogP contribution < -0.4 is 20.8 Å². The van der Waals surface area contributed by atoms with Crippen molar-refractivity contribution in [3.8, 4) is 0 Å². The van der Waals surface area contributed by atoms with Crippen LogP contribution in [0.1, 0.15) is 73.6 Å². The molecule has 0 fully saturated rings. The van der Waals surface area contributed by atoms with Gasteiger partial charge in [-0.2, -0.15) is 0 Å². The molecule has 0 aromatic carbocycles. The largest absolute Gasteiger partial charge is 2.00 e. The molecule has 16 heteroatoms. The Morgan fingerprint density at radius 1 is 0.738 bits per heavy atom. The molecule has 0 heterocycles. The van der Waals surface area contributed by atoms with Crippen LogP contribution in [-0.2, 0) is 24.0 Å². The number of amides is 2. The van der Waals surface area contributed by atoms with E-state index in [0.29, 0.717) is 6.42 Å². The molecule has 0 saturated carbocycles. The van der Waals surface area contributed by atoms with E-state index in [1.807, 2.05) is 0 Å². The van der Waals surface area contributed by atoms with Gasteiger partial charge in [0.25, 0.3) is 0 Å². The first-order valence-corrected chi connectivity index (χ1v) is 12.9. The maximum Gasteiger partial charge on any atom is 2.00 e. The van der Waals surface area contributed by atoms with Crippen LogP contribution in [0.5, 0.6) is 0 Å². The van der Waals surface area contributed by atoms with Crippen molar-refractivity contribution in [1.29, 1.82) is 0 Å². The van der Waals surface area contributed by atoms with Crippen LogP contribution in [-0.4, -0.2) is 137 Å². The third kappa shape index (κ3) is 22.6. The van der Waals surface area contributed by atoms with Gasteiger partial charge in [-0.25, -0.2) is 4.79 Å². The van der Waals surface area contributed by atoms with Crippen molar-refractivity contribution in [3.05, 3.63) is 11.3 Å². The van der Waals surface area contributed by atoms with Gasteiger partial charge in [-0.3, -0.25) is 9.59 Å². The number of aliphatic carboxylic acids is 3. The van der Waals surface area contributed by atoms with Crippen molar-refractivity contribution in [1.82, 2.24) is 10.6 Å². The second-order valence-electron chi connectivity index (χ2n) is 10.4. The van der Waals surface area contributed by atoms with E-state index in [1.165, 1.54) is 6.92 Å². The monoisotopic (exact) mass is 634 g/mol. The zero-order valence-corrected chi connectivity index (χ0v) is 27.5. The van der Waals surface area contributed by atoms with E-state index in [9.17, 15) is 44.4 Å². The van der Waals surface area contributed by atoms with Gasteiger partial charge in [0.05, 0.1) is 18.8 Å². The molecule has 2 atom stereocenters. The molecule has 0 aromatic heterocycles. The number of hydrogen-bond donors (Lipinski definition) is 8. The van der Waals surface area contributed by atoms with Gasteiger partial charge in [0.2, 0.25) is 11.8 Å². The molecule has 0 unspecified atom stereocenters. The Kier molecular flexibility index (Phi) is 27.3. The Hall–Kier alpha value is -2.01. The molecule has 0 saturated heterocycles. The van der Waals surface area contributed by atoms with Crippen LogP contribution in [0, 0.1) is 10.8 Å². The van der Waals surface area contributed by atoms with Gasteiger partial charge in [-0.1, -0.05) is 34.6 Å². The second kappa shape index (κ2) is 24.4. The average molecular weight is 635 g/mol. The van der Waals surface area contributed by atoms with Crippen molar-refractivity contribution >= 4 is 67.5 Å². The number of carboxylic acids is 3. The van der Waals surface area contributed by atoms with Gasteiger partial charge < -0.3 is 61.1 Å². The minimum Gasteiger partial charge on any atom is -0.550 e. The summed E-state index contributed by atoms with van der Waals surface area (Å²) in [5.41, 5.74) is -1.81. The fourth-order valence-corrected chi connectivity index (χ4v) is 2.35. The molecular formula is C26H46CaN2O13. The fourth-order valence-electron chi connectivity index (χ4n) is 2.35. The van der Waals surface area contributed by atoms with Gasteiger partial charge in [-0.05, 0) is 32.6 Å². The number of aliphatic hydroxyl groups is 5. The number of carboxylic acid groups (broad SMARTS) is 3. The predicted molar refractivity (Wildman–Crippen MR) is 147 cm³/mol. The minimum absolute atomic E-state index is 0. The first kappa shape index (κ1) is 46.9. The van der Waals surface area contributed by atoms with E-state index in [1.54, 1.807) is 34.6 Å². The SMILES string of the molecule is CC(C)(CO)[C@@H](O)C(=O)NCCCC(=O)[O-].CC(C)(CO)[C@@H](O)C(=O)NCCCC(=O)[O-].CC/C(O)=C(/C)C(=O)O.[Ca+2]. The zero-order chi connectivity index (χ0) is 33.0. The molecule has 0 rings (SSSR count). The molecule has 2 amide bonds. The second-order valence-corrected chi connectivity index (χ2v) is 10.4. The van der Waals surface area contributed by atoms with Crippen LogP contribution in [0.4, 0.5) is 0 Å². The third-order valence-electron chi connectivity index (χ3n) is 5.59. The Morgan fingerprint density at radius 2 is 1.05 bits per heavy atom. The number of nitrogens with one attached hydrogen (secondary N) is 2. The first-order chi connectivity index (χ1) is 18.7. The number of hydrogen-bond acceptors (Lipinski definition) is 12. The van der Waals surface area contributed by atoms with Crippen molar-refractivity contribution in [2.45, 2.75) is 85.9 Å². The summed E-state index contributed by atoms with van der Waals surface area (Å²) < 4.78 is 0. The summed E-state index contributed by atoms with van der Waals surface area (Å²) >= 11 is 0. The molecule has 0 aliphatic heterocycles. The van der Waals surface area contributed by atoms with E-state index in [0.717, 1.165) is 0 Å². The van der Waals surface area contributed by atoms with Gasteiger partial charge in [-0.15, -0.1) is 0 Å². The summed E-state index contributed by atoms with van der Waals surface area (Å²) in [6, 6.07) is 0. The van der Waals surface area contributed by atoms with Crippen LogP contribution in [0.15, 0.2) is 11.3 Å². The minimum atomic E-state index is -1.32. The Labute approximate surface area is 276 Å². The Bertz CT molecular complexity index is 824. The molecular weight excluding hydrogens is 588 g/mol. The summed E-state index contributed by atoms with van der Waals surface area (Å²) in [7, 11) is 0. The number of carbonyl (C=O) groups is 5. The van der Waals surface area contributed by atoms with Crippen molar-refractivity contribution in [3.63, 3.8) is 0 Å². The number of allylic oxidation sites excluding steroid dienone is 1. The number of aliphatic hydroxyl groups excluding tert-OH is 5. The summed E-state index contributed by atoms with van der Waals surface area (Å²) in [5.74, 6) is -4.69. The predicted octanol–water partition coefficient (Wildman–Crippen LogP) is -3.04. The van der Waals surface area contributed by atoms with Gasteiger partial charge in [0.15, 0.2) is 0 Å². The maximum atomic E-state index is 11.4. The summed E-state index contributed by atoms with van der Waals surface area (Å²) in [5, 5.41) is 79.0. The Morgan fingerprint density at radius 3 is 1.24 bits per heavy atom. The number of carbonyl (C=O) groups excluding carboxylic acids is 4. The molecule has 15 nitrogen and oxygen atoms in total. The fraction of sp³-hybridized carbons (Fsp3) is 0.731. The van der Waals surface area contributed by atoms with Crippen molar-refractivity contribution in [2.24, 2.45) is 10.8 Å². The zero-order valence-electron chi connectivity index (χ0n) is 25.3. The van der Waals surface area contributed by atoms with Crippen molar-refractivity contribution in [2.75, 3.05) is 26.3 Å². The van der Waals surface area contributed by atoms with Crippen LogP contribution in [0.3, 0.4) is 0 Å². The maximum absolute atomic E-state index is 11.4. The van der Waals surface area contributed by atoms with E-state index in [-0.39, 0.29) is 101 Å². The van der Waals surface area contributed by atoms with Crippen LogP contribution in [0.2, 0.25) is 0 Å². The Balaban J connectivity index is -0.000000265. The normalized spacial score (nSPS) is 12.8. The van der Waals surface area contributed by atoms with Gasteiger partial charge in [0.1, 0.15) is 18.0 Å². The molecule has 0 aliphatic carbocycles. The first-order valence-electron chi connectivity index (χ1n) is 12.9. The van der Waals surface area contributed by atoms with Gasteiger partial charge in [0, 0.05) is 42.3 Å².